The number of fused-ring (bicyclic) bond motifs is 5. The van der Waals surface area contributed by atoms with Crippen molar-refractivity contribution in [1.82, 2.24) is 0 Å². The van der Waals surface area contributed by atoms with Crippen LogP contribution in [0.2, 0.25) is 10.0 Å². The van der Waals surface area contributed by atoms with E-state index in [-0.39, 0.29) is 40.5 Å². The molecule has 5 rings (SSSR count). The van der Waals surface area contributed by atoms with Crippen LogP contribution in [0.25, 0.3) is 0 Å². The van der Waals surface area contributed by atoms with Crippen molar-refractivity contribution in [2.24, 2.45) is 28.6 Å². The molecule has 4 nitrogen and oxygen atoms in total. The number of halogens is 2. The highest BCUT2D eigenvalue weighted by atomic mass is 35.5. The molecule has 0 amide bonds. The van der Waals surface area contributed by atoms with Crippen molar-refractivity contribution in [1.29, 1.82) is 0 Å². The van der Waals surface area contributed by atoms with Gasteiger partial charge >= 0.3 is 0 Å². The van der Waals surface area contributed by atoms with Gasteiger partial charge in [-0.15, -0.1) is 11.8 Å². The van der Waals surface area contributed by atoms with E-state index in [1.807, 2.05) is 19.1 Å². The summed E-state index contributed by atoms with van der Waals surface area (Å²) >= 11 is 13.7. The lowest BCUT2D eigenvalue weighted by Gasteiger charge is -2.60. The standard InChI is InChI=1S/C27H32Cl2O4S/c1-25-10-8-16(30)12-15(25)6-7-17-18-9-11-27(33,26(18,2)13-20(31)23(17)25)22(32)14-34-21-5-3-4-19(28)24(21)29/h3-5,12,17-18,20,23,31,33H,6-11,13-14H2,1-2H3/t17?,18?,20-,23?,25?,26?,27-/m0/s1. The maximum atomic E-state index is 13.5. The second kappa shape index (κ2) is 8.62. The lowest BCUT2D eigenvalue weighted by molar-refractivity contribution is -0.178. The number of hydrogen-bond acceptors (Lipinski definition) is 5. The van der Waals surface area contributed by atoms with Crippen molar-refractivity contribution in [2.45, 2.75) is 75.4 Å². The number of ketones is 2. The molecule has 0 spiro atoms. The van der Waals surface area contributed by atoms with E-state index in [9.17, 15) is 19.8 Å². The van der Waals surface area contributed by atoms with Crippen LogP contribution in [-0.4, -0.2) is 39.2 Å². The van der Waals surface area contributed by atoms with E-state index in [1.54, 1.807) is 12.1 Å². The van der Waals surface area contributed by atoms with Gasteiger partial charge in [0.15, 0.2) is 11.6 Å². The Hall–Kier alpha value is -0.850. The van der Waals surface area contributed by atoms with Crippen LogP contribution in [0.4, 0.5) is 0 Å². The number of aliphatic hydroxyl groups is 2. The first-order valence-corrected chi connectivity index (χ1v) is 14.0. The van der Waals surface area contributed by atoms with Gasteiger partial charge in [0.25, 0.3) is 0 Å². The summed E-state index contributed by atoms with van der Waals surface area (Å²) in [6.45, 7) is 4.22. The zero-order valence-corrected chi connectivity index (χ0v) is 22.0. The van der Waals surface area contributed by atoms with Gasteiger partial charge in [0.05, 0.1) is 21.9 Å². The Kier molecular flexibility index (Phi) is 6.30. The molecule has 1 aromatic rings. The third-order valence-corrected chi connectivity index (χ3v) is 11.8. The normalized spacial score (nSPS) is 41.4. The Morgan fingerprint density at radius 1 is 1.18 bits per heavy atom. The first kappa shape index (κ1) is 24.8. The summed E-state index contributed by atoms with van der Waals surface area (Å²) in [4.78, 5) is 26.3. The molecular weight excluding hydrogens is 491 g/mol. The van der Waals surface area contributed by atoms with Crippen molar-refractivity contribution in [3.05, 3.63) is 39.9 Å². The molecule has 2 N–H and O–H groups in total. The molecular formula is C27H32Cl2O4S. The fourth-order valence-electron chi connectivity index (χ4n) is 8.01. The fraction of sp³-hybridized carbons (Fsp3) is 0.630. The molecule has 5 unspecified atom stereocenters. The quantitative estimate of drug-likeness (QED) is 0.482. The van der Waals surface area contributed by atoms with Crippen LogP contribution < -0.4 is 0 Å². The molecule has 0 radical (unpaired) electrons. The lowest BCUT2D eigenvalue weighted by atomic mass is 9.45. The molecule has 0 aliphatic heterocycles. The third-order valence-electron chi connectivity index (χ3n) is 9.78. The van der Waals surface area contributed by atoms with Gasteiger partial charge < -0.3 is 10.2 Å². The molecule has 184 valence electrons. The van der Waals surface area contributed by atoms with Crippen molar-refractivity contribution in [2.75, 3.05) is 5.75 Å². The van der Waals surface area contributed by atoms with Gasteiger partial charge in [0.1, 0.15) is 5.60 Å². The summed E-state index contributed by atoms with van der Waals surface area (Å²) < 4.78 is 0. The summed E-state index contributed by atoms with van der Waals surface area (Å²) in [7, 11) is 0. The topological polar surface area (TPSA) is 74.6 Å². The number of carbonyl (C=O) groups excluding carboxylic acids is 2. The molecule has 3 fully saturated rings. The van der Waals surface area contributed by atoms with Crippen molar-refractivity contribution >= 4 is 46.5 Å². The van der Waals surface area contributed by atoms with Gasteiger partial charge in [-0.05, 0) is 79.9 Å². The minimum absolute atomic E-state index is 0.0655. The molecule has 0 saturated heterocycles. The molecule has 3 saturated carbocycles. The fourth-order valence-corrected chi connectivity index (χ4v) is 9.47. The molecule has 34 heavy (non-hydrogen) atoms. The monoisotopic (exact) mass is 522 g/mol. The average Bonchev–Trinajstić information content (AvgIpc) is 3.06. The second-order valence-corrected chi connectivity index (χ2v) is 13.0. The molecule has 1 aromatic carbocycles. The molecule has 4 aliphatic carbocycles. The zero-order chi connectivity index (χ0) is 24.5. The van der Waals surface area contributed by atoms with Crippen LogP contribution in [0.15, 0.2) is 34.7 Å². The van der Waals surface area contributed by atoms with Gasteiger partial charge in [-0.2, -0.15) is 0 Å². The number of rotatable bonds is 4. The third kappa shape index (κ3) is 3.56. The molecule has 4 aliphatic rings. The minimum atomic E-state index is -1.47. The van der Waals surface area contributed by atoms with Crippen LogP contribution in [0.1, 0.15) is 58.8 Å². The summed E-state index contributed by atoms with van der Waals surface area (Å²) in [5, 5.41) is 24.2. The maximum absolute atomic E-state index is 13.5. The Balaban J connectivity index is 1.40. The predicted octanol–water partition coefficient (Wildman–Crippen LogP) is 5.89. The van der Waals surface area contributed by atoms with Gasteiger partial charge in [-0.1, -0.05) is 48.7 Å². The summed E-state index contributed by atoms with van der Waals surface area (Å²) in [5.74, 6) is 0.576. The summed E-state index contributed by atoms with van der Waals surface area (Å²) in [6.07, 6.45) is 5.89. The van der Waals surface area contributed by atoms with E-state index in [0.29, 0.717) is 29.3 Å². The van der Waals surface area contributed by atoms with Crippen LogP contribution in [-0.2, 0) is 9.59 Å². The zero-order valence-electron chi connectivity index (χ0n) is 19.7. The summed E-state index contributed by atoms with van der Waals surface area (Å²) in [6, 6.07) is 5.33. The van der Waals surface area contributed by atoms with Crippen LogP contribution in [0.3, 0.4) is 0 Å². The summed E-state index contributed by atoms with van der Waals surface area (Å²) in [5.41, 5.74) is -1.14. The minimum Gasteiger partial charge on any atom is -0.393 e. The number of Topliss-reactive ketones (excluding diaryl/α,β-unsaturated/α-hetero) is 1. The first-order valence-electron chi connectivity index (χ1n) is 12.3. The average molecular weight is 524 g/mol. The van der Waals surface area contributed by atoms with E-state index >= 15 is 0 Å². The van der Waals surface area contributed by atoms with Crippen LogP contribution in [0, 0.1) is 28.6 Å². The number of benzene rings is 1. The van der Waals surface area contributed by atoms with E-state index in [2.05, 4.69) is 6.92 Å². The van der Waals surface area contributed by atoms with Gasteiger partial charge in [0.2, 0.25) is 0 Å². The first-order chi connectivity index (χ1) is 16.0. The van der Waals surface area contributed by atoms with E-state index in [4.69, 9.17) is 23.2 Å². The number of carbonyl (C=O) groups is 2. The Bertz CT molecular complexity index is 1070. The van der Waals surface area contributed by atoms with Crippen LogP contribution >= 0.6 is 35.0 Å². The number of thioether (sulfide) groups is 1. The van der Waals surface area contributed by atoms with Gasteiger partial charge in [0, 0.05) is 16.7 Å². The predicted molar refractivity (Wildman–Crippen MR) is 135 cm³/mol. The molecule has 0 aromatic heterocycles. The highest BCUT2D eigenvalue weighted by Crippen LogP contribution is 2.67. The van der Waals surface area contributed by atoms with Crippen molar-refractivity contribution < 1.29 is 19.8 Å². The number of aliphatic hydroxyl groups excluding tert-OH is 1. The highest BCUT2D eigenvalue weighted by molar-refractivity contribution is 8.00. The number of allylic oxidation sites excluding steroid dienone is 1. The maximum Gasteiger partial charge on any atom is 0.175 e. The Labute approximate surface area is 215 Å². The van der Waals surface area contributed by atoms with E-state index in [0.717, 1.165) is 30.6 Å². The van der Waals surface area contributed by atoms with E-state index < -0.39 is 17.1 Å². The van der Waals surface area contributed by atoms with E-state index in [1.165, 1.54) is 17.3 Å². The Morgan fingerprint density at radius 2 is 1.94 bits per heavy atom. The van der Waals surface area contributed by atoms with Crippen LogP contribution in [0.5, 0.6) is 0 Å². The SMILES string of the molecule is CC12CCC(=O)C=C1CCC1C2[C@@H](O)CC2(C)C1CC[C@]2(O)C(=O)CSc1cccc(Cl)c1Cl. The Morgan fingerprint density at radius 3 is 2.71 bits per heavy atom. The highest BCUT2D eigenvalue weighted by Gasteiger charge is 2.68. The smallest absolute Gasteiger partial charge is 0.175 e. The van der Waals surface area contributed by atoms with Gasteiger partial charge in [-0.3, -0.25) is 9.59 Å². The largest absolute Gasteiger partial charge is 0.393 e. The van der Waals surface area contributed by atoms with Crippen molar-refractivity contribution in [3.63, 3.8) is 0 Å². The molecule has 0 heterocycles. The van der Waals surface area contributed by atoms with Crippen molar-refractivity contribution in [3.8, 4) is 0 Å². The van der Waals surface area contributed by atoms with Gasteiger partial charge in [-0.25, -0.2) is 0 Å². The number of hydrogen-bond donors (Lipinski definition) is 2. The molecule has 0 bridgehead atoms. The molecule has 7 atom stereocenters. The lowest BCUT2D eigenvalue weighted by Crippen LogP contribution is -2.61. The molecule has 7 heteroatoms. The second-order valence-electron chi connectivity index (χ2n) is 11.2.